The summed E-state index contributed by atoms with van der Waals surface area (Å²) in [6.07, 6.45) is 2.57. The van der Waals surface area contributed by atoms with Crippen molar-refractivity contribution in [2.45, 2.75) is 19.4 Å². The van der Waals surface area contributed by atoms with E-state index in [0.29, 0.717) is 11.6 Å². The topological polar surface area (TPSA) is 35.5 Å². The van der Waals surface area contributed by atoms with E-state index in [1.165, 1.54) is 18.5 Å². The molecule has 0 bridgehead atoms. The molecule has 1 heterocycles. The highest BCUT2D eigenvalue weighted by Gasteiger charge is 2.11. The third-order valence-corrected chi connectivity index (χ3v) is 4.20. The SMILES string of the molecule is Oc1c(Cl)cccc1CNc1ccc(N2CCCC2)cc1. The quantitative estimate of drug-likeness (QED) is 0.886. The average Bonchev–Trinajstić information content (AvgIpc) is 3.04. The molecule has 1 fully saturated rings. The van der Waals surface area contributed by atoms with Crippen molar-refractivity contribution in [3.8, 4) is 5.75 Å². The second-order valence-corrected chi connectivity index (χ2v) is 5.75. The van der Waals surface area contributed by atoms with Gasteiger partial charge in [0.25, 0.3) is 0 Å². The van der Waals surface area contributed by atoms with Crippen LogP contribution in [0.3, 0.4) is 0 Å². The summed E-state index contributed by atoms with van der Waals surface area (Å²) in [7, 11) is 0. The number of para-hydroxylation sites is 1. The molecule has 4 heteroatoms. The molecule has 0 radical (unpaired) electrons. The number of nitrogens with one attached hydrogen (secondary N) is 1. The van der Waals surface area contributed by atoms with Crippen molar-refractivity contribution in [3.63, 3.8) is 0 Å². The van der Waals surface area contributed by atoms with E-state index in [1.54, 1.807) is 6.07 Å². The van der Waals surface area contributed by atoms with E-state index in [0.717, 1.165) is 24.3 Å². The Balaban J connectivity index is 1.64. The van der Waals surface area contributed by atoms with E-state index in [9.17, 15) is 5.11 Å². The number of aromatic hydroxyl groups is 1. The Morgan fingerprint density at radius 1 is 1.05 bits per heavy atom. The molecule has 2 N–H and O–H groups in total. The first-order valence-corrected chi connectivity index (χ1v) is 7.67. The summed E-state index contributed by atoms with van der Waals surface area (Å²) in [6.45, 7) is 2.86. The van der Waals surface area contributed by atoms with Gasteiger partial charge < -0.3 is 15.3 Å². The van der Waals surface area contributed by atoms with Gasteiger partial charge in [-0.05, 0) is 43.2 Å². The number of halogens is 1. The van der Waals surface area contributed by atoms with Crippen LogP contribution in [0.1, 0.15) is 18.4 Å². The number of phenols is 1. The molecule has 0 amide bonds. The van der Waals surface area contributed by atoms with Crippen molar-refractivity contribution in [2.75, 3.05) is 23.3 Å². The fourth-order valence-corrected chi connectivity index (χ4v) is 2.86. The monoisotopic (exact) mass is 302 g/mol. The van der Waals surface area contributed by atoms with Gasteiger partial charge in [-0.2, -0.15) is 0 Å². The molecule has 0 unspecified atom stereocenters. The number of anilines is 2. The molecule has 1 saturated heterocycles. The Bertz CT molecular complexity index is 607. The lowest BCUT2D eigenvalue weighted by Crippen LogP contribution is -2.17. The van der Waals surface area contributed by atoms with Gasteiger partial charge in [0, 0.05) is 36.6 Å². The molecular weight excluding hydrogens is 284 g/mol. The normalized spacial score (nSPS) is 14.4. The maximum Gasteiger partial charge on any atom is 0.139 e. The van der Waals surface area contributed by atoms with Crippen molar-refractivity contribution in [1.29, 1.82) is 0 Å². The minimum atomic E-state index is 0.153. The maximum atomic E-state index is 9.88. The summed E-state index contributed by atoms with van der Waals surface area (Å²) < 4.78 is 0. The summed E-state index contributed by atoms with van der Waals surface area (Å²) >= 11 is 5.91. The number of phenolic OH excluding ortho intramolecular Hbond substituents is 1. The minimum absolute atomic E-state index is 0.153. The fourth-order valence-electron chi connectivity index (χ4n) is 2.67. The molecule has 2 aromatic carbocycles. The highest BCUT2D eigenvalue weighted by molar-refractivity contribution is 6.32. The second kappa shape index (κ2) is 6.27. The molecule has 0 atom stereocenters. The summed E-state index contributed by atoms with van der Waals surface area (Å²) in [5.41, 5.74) is 3.12. The van der Waals surface area contributed by atoms with Crippen LogP contribution < -0.4 is 10.2 Å². The maximum absolute atomic E-state index is 9.88. The van der Waals surface area contributed by atoms with Gasteiger partial charge in [-0.3, -0.25) is 0 Å². The average molecular weight is 303 g/mol. The van der Waals surface area contributed by atoms with Crippen LogP contribution in [-0.2, 0) is 6.54 Å². The molecule has 1 aliphatic rings. The zero-order valence-corrected chi connectivity index (χ0v) is 12.6. The highest BCUT2D eigenvalue weighted by atomic mass is 35.5. The van der Waals surface area contributed by atoms with Crippen LogP contribution in [-0.4, -0.2) is 18.2 Å². The molecule has 3 nitrogen and oxygen atoms in total. The van der Waals surface area contributed by atoms with Crippen molar-refractivity contribution in [2.24, 2.45) is 0 Å². The van der Waals surface area contributed by atoms with Gasteiger partial charge in [-0.1, -0.05) is 23.7 Å². The van der Waals surface area contributed by atoms with E-state index in [4.69, 9.17) is 11.6 Å². The van der Waals surface area contributed by atoms with Crippen molar-refractivity contribution in [1.82, 2.24) is 0 Å². The molecule has 0 saturated carbocycles. The largest absolute Gasteiger partial charge is 0.506 e. The molecule has 0 spiro atoms. The van der Waals surface area contributed by atoms with Crippen LogP contribution in [0.5, 0.6) is 5.75 Å². The van der Waals surface area contributed by atoms with E-state index in [-0.39, 0.29) is 5.75 Å². The molecular formula is C17H19ClN2O. The molecule has 0 aromatic heterocycles. The lowest BCUT2D eigenvalue weighted by Gasteiger charge is -2.18. The van der Waals surface area contributed by atoms with Gasteiger partial charge in [0.15, 0.2) is 0 Å². The Labute approximate surface area is 130 Å². The van der Waals surface area contributed by atoms with Crippen LogP contribution in [0.2, 0.25) is 5.02 Å². The standard InChI is InChI=1S/C17H19ClN2O/c18-16-5-3-4-13(17(16)21)12-19-14-6-8-15(9-7-14)20-10-1-2-11-20/h3-9,19,21H,1-2,10-12H2. The Morgan fingerprint density at radius 3 is 2.48 bits per heavy atom. The number of benzene rings is 2. The number of rotatable bonds is 4. The van der Waals surface area contributed by atoms with Gasteiger partial charge in [-0.25, -0.2) is 0 Å². The van der Waals surface area contributed by atoms with E-state index in [2.05, 4.69) is 34.5 Å². The summed E-state index contributed by atoms with van der Waals surface area (Å²) in [5.74, 6) is 0.153. The van der Waals surface area contributed by atoms with Gasteiger partial charge >= 0.3 is 0 Å². The highest BCUT2D eigenvalue weighted by Crippen LogP contribution is 2.28. The first kappa shape index (κ1) is 14.1. The van der Waals surface area contributed by atoms with Crippen molar-refractivity contribution >= 4 is 23.0 Å². The van der Waals surface area contributed by atoms with Crippen LogP contribution >= 0.6 is 11.6 Å². The van der Waals surface area contributed by atoms with Crippen LogP contribution in [0.25, 0.3) is 0 Å². The summed E-state index contributed by atoms with van der Waals surface area (Å²) in [4.78, 5) is 2.41. The molecule has 110 valence electrons. The summed E-state index contributed by atoms with van der Waals surface area (Å²) in [5, 5.41) is 13.6. The fraction of sp³-hybridized carbons (Fsp3) is 0.294. The van der Waals surface area contributed by atoms with E-state index in [1.807, 2.05) is 12.1 Å². The second-order valence-electron chi connectivity index (χ2n) is 5.34. The lowest BCUT2D eigenvalue weighted by molar-refractivity contribution is 0.469. The molecule has 1 aliphatic heterocycles. The van der Waals surface area contributed by atoms with Crippen molar-refractivity contribution < 1.29 is 5.11 Å². The van der Waals surface area contributed by atoms with Crippen molar-refractivity contribution in [3.05, 3.63) is 53.1 Å². The Morgan fingerprint density at radius 2 is 1.76 bits per heavy atom. The number of hydrogen-bond donors (Lipinski definition) is 2. The third-order valence-electron chi connectivity index (χ3n) is 3.89. The molecule has 0 aliphatic carbocycles. The first-order valence-electron chi connectivity index (χ1n) is 7.29. The van der Waals surface area contributed by atoms with Gasteiger partial charge in [-0.15, -0.1) is 0 Å². The smallest absolute Gasteiger partial charge is 0.139 e. The predicted molar refractivity (Wildman–Crippen MR) is 88.3 cm³/mol. The first-order chi connectivity index (χ1) is 10.2. The Hall–Kier alpha value is -1.87. The van der Waals surface area contributed by atoms with Crippen LogP contribution in [0, 0.1) is 0 Å². The zero-order chi connectivity index (χ0) is 14.7. The van der Waals surface area contributed by atoms with Gasteiger partial charge in [0.1, 0.15) is 5.75 Å². The van der Waals surface area contributed by atoms with E-state index < -0.39 is 0 Å². The van der Waals surface area contributed by atoms with Crippen LogP contribution in [0.15, 0.2) is 42.5 Å². The minimum Gasteiger partial charge on any atom is -0.506 e. The van der Waals surface area contributed by atoms with Gasteiger partial charge in [0.2, 0.25) is 0 Å². The Kier molecular flexibility index (Phi) is 4.20. The van der Waals surface area contributed by atoms with E-state index >= 15 is 0 Å². The number of hydrogen-bond acceptors (Lipinski definition) is 3. The lowest BCUT2D eigenvalue weighted by atomic mass is 10.2. The zero-order valence-electron chi connectivity index (χ0n) is 11.8. The molecule has 2 aromatic rings. The van der Waals surface area contributed by atoms with Crippen LogP contribution in [0.4, 0.5) is 11.4 Å². The van der Waals surface area contributed by atoms with Gasteiger partial charge in [0.05, 0.1) is 5.02 Å². The molecule has 21 heavy (non-hydrogen) atoms. The molecule has 3 rings (SSSR count). The number of nitrogens with zero attached hydrogens (tertiary/aromatic N) is 1. The summed E-state index contributed by atoms with van der Waals surface area (Å²) in [6, 6.07) is 13.8. The third kappa shape index (κ3) is 3.24. The predicted octanol–water partition coefficient (Wildman–Crippen LogP) is 4.26.